The number of carbonyl (C=O) groups is 1. The molecule has 1 amide bonds. The topological polar surface area (TPSA) is 47.6 Å². The second-order valence-corrected chi connectivity index (χ2v) is 16.4. The zero-order valence-corrected chi connectivity index (χ0v) is 22.6. The second-order valence-electron chi connectivity index (χ2n) is 11.7. The van der Waals surface area contributed by atoms with E-state index < -0.39 is 31.6 Å². The Morgan fingerprint density at radius 2 is 1.74 bits per heavy atom. The fraction of sp³-hybridized carbons (Fsp3) is 0.519. The van der Waals surface area contributed by atoms with E-state index in [0.29, 0.717) is 11.3 Å². The molecule has 0 saturated carbocycles. The molecule has 1 atom stereocenters. The molecule has 4 nitrogen and oxygen atoms in total. The van der Waals surface area contributed by atoms with Gasteiger partial charge in [0.1, 0.15) is 17.2 Å². The molecule has 0 saturated heterocycles. The van der Waals surface area contributed by atoms with Crippen LogP contribution in [0.3, 0.4) is 0 Å². The van der Waals surface area contributed by atoms with E-state index in [9.17, 15) is 13.6 Å². The molecular weight excluding hydrogens is 452 g/mol. The van der Waals surface area contributed by atoms with Crippen molar-refractivity contribution in [1.29, 1.82) is 0 Å². The number of ether oxygens (including phenoxy) is 1. The largest absolute Gasteiger partial charge is 0.444 e. The summed E-state index contributed by atoms with van der Waals surface area (Å²) in [6, 6.07) is 7.53. The van der Waals surface area contributed by atoms with E-state index in [1.54, 1.807) is 20.8 Å². The SMILES string of the molecule is CC(C)(C)OC(=O)Nc1cc2c(cc1Cc1ccc(F)cc1F)C(O[Si](C)(C)C(C)(C)C)CC2. The van der Waals surface area contributed by atoms with Crippen molar-refractivity contribution in [3.63, 3.8) is 0 Å². The van der Waals surface area contributed by atoms with E-state index in [4.69, 9.17) is 9.16 Å². The molecule has 34 heavy (non-hydrogen) atoms. The van der Waals surface area contributed by atoms with Crippen LogP contribution in [0, 0.1) is 11.6 Å². The zero-order chi connectivity index (χ0) is 25.5. The number of aryl methyl sites for hydroxylation is 1. The Kier molecular flexibility index (Phi) is 7.30. The van der Waals surface area contributed by atoms with Crippen molar-refractivity contribution in [2.75, 3.05) is 5.32 Å². The molecule has 1 aliphatic rings. The summed E-state index contributed by atoms with van der Waals surface area (Å²) < 4.78 is 40.1. The molecule has 1 aliphatic carbocycles. The molecule has 7 heteroatoms. The van der Waals surface area contributed by atoms with Gasteiger partial charge in [-0.1, -0.05) is 32.9 Å². The average molecular weight is 490 g/mol. The second kappa shape index (κ2) is 9.42. The monoisotopic (exact) mass is 489 g/mol. The Bertz CT molecular complexity index is 1070. The summed E-state index contributed by atoms with van der Waals surface area (Å²) in [5.41, 5.74) is 3.21. The summed E-state index contributed by atoms with van der Waals surface area (Å²) in [5, 5.41) is 2.92. The van der Waals surface area contributed by atoms with Crippen LogP contribution in [0.2, 0.25) is 18.1 Å². The van der Waals surface area contributed by atoms with Gasteiger partial charge in [-0.3, -0.25) is 5.32 Å². The van der Waals surface area contributed by atoms with Crippen LogP contribution >= 0.6 is 0 Å². The lowest BCUT2D eigenvalue weighted by molar-refractivity contribution is 0.0635. The van der Waals surface area contributed by atoms with E-state index in [1.165, 1.54) is 12.1 Å². The van der Waals surface area contributed by atoms with Crippen molar-refractivity contribution >= 4 is 20.1 Å². The highest BCUT2D eigenvalue weighted by Gasteiger charge is 2.41. The number of amides is 1. The van der Waals surface area contributed by atoms with Gasteiger partial charge in [0, 0.05) is 18.2 Å². The third-order valence-corrected chi connectivity index (χ3v) is 11.1. The zero-order valence-electron chi connectivity index (χ0n) is 21.6. The van der Waals surface area contributed by atoms with Crippen LogP contribution in [0.25, 0.3) is 0 Å². The molecule has 0 radical (unpaired) electrons. The molecule has 186 valence electrons. The maximum Gasteiger partial charge on any atom is 0.412 e. The number of halogens is 2. The van der Waals surface area contributed by atoms with Crippen LogP contribution in [0.4, 0.5) is 19.3 Å². The van der Waals surface area contributed by atoms with Gasteiger partial charge in [-0.05, 0) is 86.1 Å². The Morgan fingerprint density at radius 1 is 1.06 bits per heavy atom. The molecule has 2 aromatic rings. The molecule has 0 aliphatic heterocycles. The average Bonchev–Trinajstić information content (AvgIpc) is 3.02. The summed E-state index contributed by atoms with van der Waals surface area (Å²) in [6.07, 6.45) is 1.30. The molecular formula is C27H37F2NO3Si. The normalized spacial score (nSPS) is 16.4. The lowest BCUT2D eigenvalue weighted by atomic mass is 9.97. The minimum Gasteiger partial charge on any atom is -0.444 e. The number of benzene rings is 2. The third kappa shape index (κ3) is 6.24. The van der Waals surface area contributed by atoms with Crippen LogP contribution in [0.1, 0.15) is 76.3 Å². The maximum atomic E-state index is 14.5. The number of hydrogen-bond acceptors (Lipinski definition) is 3. The Labute approximate surface area is 203 Å². The number of fused-ring (bicyclic) bond motifs is 1. The highest BCUT2D eigenvalue weighted by atomic mass is 28.4. The van der Waals surface area contributed by atoms with Gasteiger partial charge in [0.25, 0.3) is 0 Å². The van der Waals surface area contributed by atoms with Gasteiger partial charge < -0.3 is 9.16 Å². The minimum absolute atomic E-state index is 0.0386. The molecule has 1 unspecified atom stereocenters. The van der Waals surface area contributed by atoms with Crippen LogP contribution in [-0.2, 0) is 22.0 Å². The van der Waals surface area contributed by atoms with Crippen molar-refractivity contribution in [2.24, 2.45) is 0 Å². The summed E-state index contributed by atoms with van der Waals surface area (Å²) in [6.45, 7) is 16.5. The summed E-state index contributed by atoms with van der Waals surface area (Å²) >= 11 is 0. The smallest absolute Gasteiger partial charge is 0.412 e. The molecule has 0 bridgehead atoms. The van der Waals surface area contributed by atoms with Gasteiger partial charge in [-0.15, -0.1) is 0 Å². The van der Waals surface area contributed by atoms with Crippen molar-refractivity contribution in [2.45, 2.75) is 90.6 Å². The van der Waals surface area contributed by atoms with Gasteiger partial charge in [-0.25, -0.2) is 13.6 Å². The number of anilines is 1. The van der Waals surface area contributed by atoms with E-state index in [-0.39, 0.29) is 17.6 Å². The van der Waals surface area contributed by atoms with Crippen LogP contribution in [-0.4, -0.2) is 20.0 Å². The molecule has 1 N–H and O–H groups in total. The van der Waals surface area contributed by atoms with E-state index in [1.807, 2.05) is 12.1 Å². The van der Waals surface area contributed by atoms with Gasteiger partial charge in [0.05, 0.1) is 6.10 Å². The lowest BCUT2D eigenvalue weighted by Crippen LogP contribution is -2.41. The predicted molar refractivity (Wildman–Crippen MR) is 135 cm³/mol. The van der Waals surface area contributed by atoms with E-state index in [0.717, 1.165) is 35.6 Å². The standard InChI is InChI=1S/C27H37F2NO3Si/c1-26(2,3)32-25(31)30-23-15-17-10-12-24(33-34(7,8)27(4,5)6)21(17)14-19(23)13-18-9-11-20(28)16-22(18)29/h9,11,14-16,24H,10,12-13H2,1-8H3,(H,30,31). The molecule has 3 rings (SSSR count). The fourth-order valence-electron chi connectivity index (χ4n) is 3.87. The van der Waals surface area contributed by atoms with Crippen LogP contribution < -0.4 is 5.32 Å². The number of hydrogen-bond donors (Lipinski definition) is 1. The Morgan fingerprint density at radius 3 is 2.32 bits per heavy atom. The van der Waals surface area contributed by atoms with Gasteiger partial charge in [-0.2, -0.15) is 0 Å². The van der Waals surface area contributed by atoms with Gasteiger partial charge in [0.15, 0.2) is 8.32 Å². The molecule has 0 aromatic heterocycles. The first-order valence-electron chi connectivity index (χ1n) is 11.8. The molecule has 0 fully saturated rings. The number of carbonyl (C=O) groups excluding carboxylic acids is 1. The van der Waals surface area contributed by atoms with Crippen molar-refractivity contribution < 1.29 is 22.7 Å². The fourth-order valence-corrected chi connectivity index (χ4v) is 5.18. The summed E-state index contributed by atoms with van der Waals surface area (Å²) in [7, 11) is -2.00. The molecule has 0 spiro atoms. The lowest BCUT2D eigenvalue weighted by Gasteiger charge is -2.38. The molecule has 2 aromatic carbocycles. The minimum atomic E-state index is -2.00. The van der Waals surface area contributed by atoms with Crippen molar-refractivity contribution in [3.05, 3.63) is 64.2 Å². The van der Waals surface area contributed by atoms with Crippen LogP contribution in [0.5, 0.6) is 0 Å². The Hall–Kier alpha value is -2.25. The summed E-state index contributed by atoms with van der Waals surface area (Å²) in [4.78, 5) is 12.5. The highest BCUT2D eigenvalue weighted by molar-refractivity contribution is 6.74. The van der Waals surface area contributed by atoms with Crippen LogP contribution in [0.15, 0.2) is 30.3 Å². The quantitative estimate of drug-likeness (QED) is 0.434. The molecule has 0 heterocycles. The third-order valence-electron chi connectivity index (χ3n) is 6.66. The number of rotatable bonds is 5. The summed E-state index contributed by atoms with van der Waals surface area (Å²) in [5.74, 6) is -1.23. The first-order chi connectivity index (χ1) is 15.6. The van der Waals surface area contributed by atoms with Crippen molar-refractivity contribution in [1.82, 2.24) is 0 Å². The van der Waals surface area contributed by atoms with Gasteiger partial charge >= 0.3 is 6.09 Å². The van der Waals surface area contributed by atoms with E-state index in [2.05, 4.69) is 39.2 Å². The number of nitrogens with one attached hydrogen (secondary N) is 1. The van der Waals surface area contributed by atoms with Gasteiger partial charge in [0.2, 0.25) is 0 Å². The first kappa shape index (κ1) is 26.4. The van der Waals surface area contributed by atoms with Crippen molar-refractivity contribution in [3.8, 4) is 0 Å². The van der Waals surface area contributed by atoms with E-state index >= 15 is 0 Å². The Balaban J connectivity index is 1.99. The maximum absolute atomic E-state index is 14.5. The highest BCUT2D eigenvalue weighted by Crippen LogP contribution is 2.45. The predicted octanol–water partition coefficient (Wildman–Crippen LogP) is 7.91. The first-order valence-corrected chi connectivity index (χ1v) is 14.7.